The number of hydrogen-bond acceptors (Lipinski definition) is 4. The zero-order valence-corrected chi connectivity index (χ0v) is 12.7. The van der Waals surface area contributed by atoms with Gasteiger partial charge in [0.15, 0.2) is 0 Å². The van der Waals surface area contributed by atoms with Crippen LogP contribution < -0.4 is 0 Å². The Bertz CT molecular complexity index is 962. The first kappa shape index (κ1) is 13.4. The van der Waals surface area contributed by atoms with E-state index >= 15 is 0 Å². The SMILES string of the molecule is Fc1ccc(-c2nnc(-c3sc4ccccc4c3Cl)o2)cc1. The highest BCUT2D eigenvalue weighted by Crippen LogP contribution is 2.41. The van der Waals surface area contributed by atoms with Crippen molar-refractivity contribution in [3.05, 3.63) is 59.4 Å². The van der Waals surface area contributed by atoms with Gasteiger partial charge in [-0.3, -0.25) is 0 Å². The van der Waals surface area contributed by atoms with Gasteiger partial charge in [0.2, 0.25) is 5.89 Å². The minimum absolute atomic E-state index is 0.309. The summed E-state index contributed by atoms with van der Waals surface area (Å²) in [7, 11) is 0. The molecule has 0 amide bonds. The van der Waals surface area contributed by atoms with E-state index in [9.17, 15) is 4.39 Å². The third kappa shape index (κ3) is 2.19. The number of hydrogen-bond donors (Lipinski definition) is 0. The van der Waals surface area contributed by atoms with E-state index in [0.717, 1.165) is 15.0 Å². The average molecular weight is 331 g/mol. The molecule has 3 nitrogen and oxygen atoms in total. The van der Waals surface area contributed by atoms with Crippen LogP contribution in [0.1, 0.15) is 0 Å². The number of aromatic nitrogens is 2. The van der Waals surface area contributed by atoms with Gasteiger partial charge in [0, 0.05) is 15.6 Å². The number of benzene rings is 2. The highest BCUT2D eigenvalue weighted by Gasteiger charge is 2.18. The number of rotatable bonds is 2. The lowest BCUT2D eigenvalue weighted by Crippen LogP contribution is -1.78. The Kier molecular flexibility index (Phi) is 3.17. The Labute approximate surface area is 134 Å². The largest absolute Gasteiger partial charge is 0.415 e. The smallest absolute Gasteiger partial charge is 0.259 e. The molecule has 4 aromatic rings. The number of nitrogens with zero attached hydrogens (tertiary/aromatic N) is 2. The summed E-state index contributed by atoms with van der Waals surface area (Å²) < 4.78 is 19.7. The lowest BCUT2D eigenvalue weighted by molar-refractivity contribution is 0.585. The summed E-state index contributed by atoms with van der Waals surface area (Å²) in [4.78, 5) is 0.740. The van der Waals surface area contributed by atoms with Crippen molar-refractivity contribution >= 4 is 33.0 Å². The van der Waals surface area contributed by atoms with Crippen LogP contribution in [0.15, 0.2) is 52.9 Å². The third-order valence-electron chi connectivity index (χ3n) is 3.25. The maximum Gasteiger partial charge on any atom is 0.259 e. The molecule has 0 unspecified atom stereocenters. The first-order valence-corrected chi connectivity index (χ1v) is 7.68. The van der Waals surface area contributed by atoms with Crippen molar-refractivity contribution in [1.29, 1.82) is 0 Å². The van der Waals surface area contributed by atoms with Gasteiger partial charge in [-0.15, -0.1) is 21.5 Å². The van der Waals surface area contributed by atoms with E-state index in [1.807, 2.05) is 24.3 Å². The average Bonchev–Trinajstić information content (AvgIpc) is 3.14. The van der Waals surface area contributed by atoms with Crippen LogP contribution in [0.25, 0.3) is 32.3 Å². The molecule has 4 rings (SSSR count). The number of fused-ring (bicyclic) bond motifs is 1. The summed E-state index contributed by atoms with van der Waals surface area (Å²) in [5.41, 5.74) is 0.664. The van der Waals surface area contributed by atoms with E-state index in [1.54, 1.807) is 12.1 Å². The molecule has 0 bridgehead atoms. The van der Waals surface area contributed by atoms with Crippen molar-refractivity contribution in [2.75, 3.05) is 0 Å². The molecule has 0 radical (unpaired) electrons. The molecule has 108 valence electrons. The number of halogens is 2. The molecule has 6 heteroatoms. The summed E-state index contributed by atoms with van der Waals surface area (Å²) in [6.45, 7) is 0. The van der Waals surface area contributed by atoms with Gasteiger partial charge in [-0.1, -0.05) is 29.8 Å². The summed E-state index contributed by atoms with van der Waals surface area (Å²) in [6, 6.07) is 13.7. The molecule has 2 aromatic heterocycles. The topological polar surface area (TPSA) is 38.9 Å². The predicted octanol–water partition coefficient (Wildman–Crippen LogP) is 5.41. The molecule has 0 N–H and O–H groups in total. The molecule has 0 saturated heterocycles. The molecule has 0 saturated carbocycles. The molecular weight excluding hydrogens is 323 g/mol. The van der Waals surface area contributed by atoms with Gasteiger partial charge in [-0.05, 0) is 30.3 Å². The maximum absolute atomic E-state index is 13.0. The van der Waals surface area contributed by atoms with E-state index in [-0.39, 0.29) is 5.82 Å². The van der Waals surface area contributed by atoms with E-state index < -0.39 is 0 Å². The van der Waals surface area contributed by atoms with Crippen LogP contribution in [0, 0.1) is 5.82 Å². The minimum atomic E-state index is -0.309. The normalized spacial score (nSPS) is 11.2. The summed E-state index contributed by atoms with van der Waals surface area (Å²) in [5, 5.41) is 9.64. The van der Waals surface area contributed by atoms with Crippen LogP contribution in [0.5, 0.6) is 0 Å². The van der Waals surface area contributed by atoms with Crippen molar-refractivity contribution in [2.24, 2.45) is 0 Å². The Hall–Kier alpha value is -2.24. The lowest BCUT2D eigenvalue weighted by Gasteiger charge is -1.94. The van der Waals surface area contributed by atoms with Gasteiger partial charge in [0.1, 0.15) is 10.7 Å². The summed E-state index contributed by atoms with van der Waals surface area (Å²) >= 11 is 7.90. The molecule has 2 aromatic carbocycles. The maximum atomic E-state index is 13.0. The van der Waals surface area contributed by atoms with Crippen LogP contribution in [0.3, 0.4) is 0 Å². The summed E-state index contributed by atoms with van der Waals surface area (Å²) in [6.07, 6.45) is 0. The van der Waals surface area contributed by atoms with E-state index in [0.29, 0.717) is 22.4 Å². The van der Waals surface area contributed by atoms with Crippen molar-refractivity contribution < 1.29 is 8.81 Å². The highest BCUT2D eigenvalue weighted by atomic mass is 35.5. The molecule has 0 atom stereocenters. The predicted molar refractivity (Wildman–Crippen MR) is 85.5 cm³/mol. The Morgan fingerprint density at radius 1 is 0.955 bits per heavy atom. The standard InChI is InChI=1S/C16H8ClFN2OS/c17-13-11-3-1-2-4-12(11)22-14(13)16-20-19-15(21-16)9-5-7-10(18)8-6-9/h1-8H. The molecule has 0 aliphatic carbocycles. The lowest BCUT2D eigenvalue weighted by atomic mass is 10.2. The highest BCUT2D eigenvalue weighted by molar-refractivity contribution is 7.23. The van der Waals surface area contributed by atoms with Gasteiger partial charge < -0.3 is 4.42 Å². The Balaban J connectivity index is 1.80. The van der Waals surface area contributed by atoms with Crippen LogP contribution in [-0.2, 0) is 0 Å². The van der Waals surface area contributed by atoms with Gasteiger partial charge in [-0.25, -0.2) is 4.39 Å². The quantitative estimate of drug-likeness (QED) is 0.493. The van der Waals surface area contributed by atoms with Gasteiger partial charge in [0.05, 0.1) is 5.02 Å². The van der Waals surface area contributed by atoms with E-state index in [4.69, 9.17) is 16.0 Å². The second-order valence-electron chi connectivity index (χ2n) is 4.66. The van der Waals surface area contributed by atoms with Crippen LogP contribution in [0.4, 0.5) is 4.39 Å². The third-order valence-corrected chi connectivity index (χ3v) is 4.91. The van der Waals surface area contributed by atoms with Gasteiger partial charge >= 0.3 is 0 Å². The fourth-order valence-corrected chi connectivity index (χ4v) is 3.61. The molecule has 0 fully saturated rings. The monoisotopic (exact) mass is 330 g/mol. The number of thiophene rings is 1. The molecule has 0 aliphatic heterocycles. The molecule has 2 heterocycles. The molecule has 0 aliphatic rings. The fourth-order valence-electron chi connectivity index (χ4n) is 2.18. The van der Waals surface area contributed by atoms with Crippen molar-refractivity contribution in [1.82, 2.24) is 10.2 Å². The zero-order chi connectivity index (χ0) is 15.1. The second-order valence-corrected chi connectivity index (χ2v) is 6.09. The fraction of sp³-hybridized carbons (Fsp3) is 0. The van der Waals surface area contributed by atoms with Crippen molar-refractivity contribution in [3.8, 4) is 22.2 Å². The summed E-state index contributed by atoms with van der Waals surface area (Å²) in [5.74, 6) is 0.394. The zero-order valence-electron chi connectivity index (χ0n) is 11.1. The molecular formula is C16H8ClFN2OS. The van der Waals surface area contributed by atoms with Gasteiger partial charge in [0.25, 0.3) is 5.89 Å². The Morgan fingerprint density at radius 2 is 1.68 bits per heavy atom. The molecule has 0 spiro atoms. The van der Waals surface area contributed by atoms with Gasteiger partial charge in [-0.2, -0.15) is 0 Å². The van der Waals surface area contributed by atoms with E-state index in [1.165, 1.54) is 23.5 Å². The first-order chi connectivity index (χ1) is 10.7. The van der Waals surface area contributed by atoms with Crippen LogP contribution >= 0.6 is 22.9 Å². The van der Waals surface area contributed by atoms with E-state index in [2.05, 4.69) is 10.2 Å². The second kappa shape index (κ2) is 5.19. The Morgan fingerprint density at radius 3 is 2.45 bits per heavy atom. The first-order valence-electron chi connectivity index (χ1n) is 6.49. The van der Waals surface area contributed by atoms with Crippen molar-refractivity contribution in [2.45, 2.75) is 0 Å². The van der Waals surface area contributed by atoms with Crippen LogP contribution in [-0.4, -0.2) is 10.2 Å². The van der Waals surface area contributed by atoms with Crippen molar-refractivity contribution in [3.63, 3.8) is 0 Å². The van der Waals surface area contributed by atoms with Crippen LogP contribution in [0.2, 0.25) is 5.02 Å². The minimum Gasteiger partial charge on any atom is -0.415 e. The molecule has 22 heavy (non-hydrogen) atoms.